The number of nitrogen functional groups attached to an aromatic ring is 1. The van der Waals surface area contributed by atoms with E-state index in [1.807, 2.05) is 12.1 Å². The molecule has 0 unspecified atom stereocenters. The molecule has 19 heavy (non-hydrogen) atoms. The Balaban J connectivity index is 1.91. The van der Waals surface area contributed by atoms with Gasteiger partial charge in [0.05, 0.1) is 17.2 Å². The number of nitrogens with zero attached hydrogens (tertiary/aromatic N) is 4. The summed E-state index contributed by atoms with van der Waals surface area (Å²) in [5.41, 5.74) is 7.74. The molecule has 5 heteroatoms. The van der Waals surface area contributed by atoms with Crippen LogP contribution in [0.2, 0.25) is 0 Å². The summed E-state index contributed by atoms with van der Waals surface area (Å²) in [6, 6.07) is 6.29. The zero-order valence-corrected chi connectivity index (χ0v) is 10.4. The highest BCUT2D eigenvalue weighted by Gasteiger charge is 2.39. The number of nitriles is 1. The van der Waals surface area contributed by atoms with Crippen LogP contribution in [-0.4, -0.2) is 15.0 Å². The molecule has 0 radical (unpaired) electrons. The molecule has 1 fully saturated rings. The predicted molar refractivity (Wildman–Crippen MR) is 70.8 cm³/mol. The first-order valence-corrected chi connectivity index (χ1v) is 6.19. The average molecular weight is 251 g/mol. The first-order chi connectivity index (χ1) is 9.23. The van der Waals surface area contributed by atoms with Crippen molar-refractivity contribution in [3.05, 3.63) is 36.3 Å². The Kier molecular flexibility index (Phi) is 2.64. The lowest BCUT2D eigenvalue weighted by Gasteiger charge is -2.35. The van der Waals surface area contributed by atoms with Crippen LogP contribution in [0.3, 0.4) is 0 Å². The van der Waals surface area contributed by atoms with E-state index in [0.29, 0.717) is 0 Å². The van der Waals surface area contributed by atoms with Gasteiger partial charge < -0.3 is 5.73 Å². The fourth-order valence-electron chi connectivity index (χ4n) is 2.31. The van der Waals surface area contributed by atoms with Crippen molar-refractivity contribution in [2.75, 3.05) is 5.73 Å². The molecule has 2 N–H and O–H groups in total. The van der Waals surface area contributed by atoms with E-state index < -0.39 is 0 Å². The predicted octanol–water partition coefficient (Wildman–Crippen LogP) is 2.07. The molecule has 0 amide bonds. The van der Waals surface area contributed by atoms with Crippen molar-refractivity contribution in [3.8, 4) is 17.3 Å². The highest BCUT2D eigenvalue weighted by atomic mass is 15.0. The first-order valence-electron chi connectivity index (χ1n) is 6.19. The lowest BCUT2D eigenvalue weighted by Crippen LogP contribution is -2.32. The van der Waals surface area contributed by atoms with Gasteiger partial charge in [0.25, 0.3) is 0 Å². The summed E-state index contributed by atoms with van der Waals surface area (Å²) in [5.74, 6) is 0.248. The lowest BCUT2D eigenvalue weighted by atomic mass is 9.66. The van der Waals surface area contributed by atoms with Gasteiger partial charge in [0.1, 0.15) is 0 Å². The third-order valence-corrected chi connectivity index (χ3v) is 3.70. The molecular formula is C14H13N5. The monoisotopic (exact) mass is 251 g/mol. The van der Waals surface area contributed by atoms with Crippen LogP contribution in [0, 0.1) is 11.3 Å². The minimum atomic E-state index is -0.316. The van der Waals surface area contributed by atoms with Gasteiger partial charge >= 0.3 is 0 Å². The summed E-state index contributed by atoms with van der Waals surface area (Å²) in [7, 11) is 0. The molecule has 0 spiro atoms. The van der Waals surface area contributed by atoms with Crippen LogP contribution in [0.1, 0.15) is 24.8 Å². The maximum Gasteiger partial charge on any atom is 0.219 e. The minimum Gasteiger partial charge on any atom is -0.368 e. The van der Waals surface area contributed by atoms with Crippen LogP contribution < -0.4 is 5.73 Å². The smallest absolute Gasteiger partial charge is 0.219 e. The third kappa shape index (κ3) is 1.91. The van der Waals surface area contributed by atoms with Gasteiger partial charge in [0.2, 0.25) is 5.95 Å². The molecule has 0 bridgehead atoms. The molecule has 3 rings (SSSR count). The summed E-state index contributed by atoms with van der Waals surface area (Å²) in [5, 5.41) is 9.30. The SMILES string of the molecule is N#CC1(c2ccc(-c3cnc(N)nc3)nc2)CCC1. The summed E-state index contributed by atoms with van der Waals surface area (Å²) in [6.45, 7) is 0. The van der Waals surface area contributed by atoms with Gasteiger partial charge in [-0.15, -0.1) is 0 Å². The van der Waals surface area contributed by atoms with Crippen molar-refractivity contribution in [1.82, 2.24) is 15.0 Å². The average Bonchev–Trinajstić information content (AvgIpc) is 2.40. The van der Waals surface area contributed by atoms with Crippen molar-refractivity contribution >= 4 is 5.95 Å². The topological polar surface area (TPSA) is 88.5 Å². The van der Waals surface area contributed by atoms with E-state index in [2.05, 4.69) is 21.0 Å². The Morgan fingerprint density at radius 1 is 1.11 bits per heavy atom. The Morgan fingerprint density at radius 2 is 1.84 bits per heavy atom. The summed E-state index contributed by atoms with van der Waals surface area (Å²) in [6.07, 6.45) is 8.04. The number of pyridine rings is 1. The zero-order chi connectivity index (χ0) is 13.3. The molecule has 1 aliphatic carbocycles. The molecule has 0 atom stereocenters. The quantitative estimate of drug-likeness (QED) is 0.882. The Morgan fingerprint density at radius 3 is 2.32 bits per heavy atom. The molecule has 1 aliphatic rings. The van der Waals surface area contributed by atoms with Crippen molar-refractivity contribution in [2.24, 2.45) is 0 Å². The number of nitrogens with two attached hydrogens (primary N) is 1. The molecule has 0 aliphatic heterocycles. The van der Waals surface area contributed by atoms with Gasteiger partial charge in [-0.1, -0.05) is 6.07 Å². The Hall–Kier alpha value is -2.48. The number of hydrogen-bond acceptors (Lipinski definition) is 5. The molecule has 5 nitrogen and oxygen atoms in total. The van der Waals surface area contributed by atoms with Gasteiger partial charge in [-0.25, -0.2) is 9.97 Å². The van der Waals surface area contributed by atoms with Gasteiger partial charge in [-0.2, -0.15) is 5.26 Å². The van der Waals surface area contributed by atoms with E-state index in [0.717, 1.165) is 36.1 Å². The summed E-state index contributed by atoms with van der Waals surface area (Å²) < 4.78 is 0. The van der Waals surface area contributed by atoms with Crippen LogP contribution in [0.25, 0.3) is 11.3 Å². The molecule has 2 aromatic heterocycles. The largest absolute Gasteiger partial charge is 0.368 e. The van der Waals surface area contributed by atoms with Crippen LogP contribution in [0.15, 0.2) is 30.7 Å². The Labute approximate surface area is 111 Å². The lowest BCUT2D eigenvalue weighted by molar-refractivity contribution is 0.323. The van der Waals surface area contributed by atoms with E-state index in [9.17, 15) is 5.26 Å². The minimum absolute atomic E-state index is 0.248. The zero-order valence-electron chi connectivity index (χ0n) is 10.4. The van der Waals surface area contributed by atoms with Gasteiger partial charge in [-0.05, 0) is 30.9 Å². The molecule has 2 heterocycles. The number of rotatable bonds is 2. The number of anilines is 1. The second-order valence-electron chi connectivity index (χ2n) is 4.81. The third-order valence-electron chi connectivity index (χ3n) is 3.70. The van der Waals surface area contributed by atoms with Gasteiger partial charge in [0.15, 0.2) is 0 Å². The van der Waals surface area contributed by atoms with Crippen molar-refractivity contribution < 1.29 is 0 Å². The highest BCUT2D eigenvalue weighted by molar-refractivity contribution is 5.57. The number of aromatic nitrogens is 3. The molecule has 0 saturated heterocycles. The second kappa shape index (κ2) is 4.32. The second-order valence-corrected chi connectivity index (χ2v) is 4.81. The number of hydrogen-bond donors (Lipinski definition) is 1. The van der Waals surface area contributed by atoms with Crippen LogP contribution in [0.5, 0.6) is 0 Å². The maximum absolute atomic E-state index is 9.30. The molecular weight excluding hydrogens is 238 g/mol. The molecule has 1 saturated carbocycles. The van der Waals surface area contributed by atoms with E-state index in [1.54, 1.807) is 18.6 Å². The normalized spacial score (nSPS) is 16.4. The highest BCUT2D eigenvalue weighted by Crippen LogP contribution is 2.42. The van der Waals surface area contributed by atoms with E-state index in [1.165, 1.54) is 0 Å². The van der Waals surface area contributed by atoms with Crippen molar-refractivity contribution in [3.63, 3.8) is 0 Å². The fraction of sp³-hybridized carbons (Fsp3) is 0.286. The van der Waals surface area contributed by atoms with Crippen molar-refractivity contribution in [2.45, 2.75) is 24.7 Å². The van der Waals surface area contributed by atoms with Crippen LogP contribution in [0.4, 0.5) is 5.95 Å². The van der Waals surface area contributed by atoms with Crippen molar-refractivity contribution in [1.29, 1.82) is 5.26 Å². The van der Waals surface area contributed by atoms with E-state index in [-0.39, 0.29) is 11.4 Å². The van der Waals surface area contributed by atoms with Crippen LogP contribution >= 0.6 is 0 Å². The Bertz CT molecular complexity index is 620. The standard InChI is InChI=1S/C14H13N5/c15-9-14(4-1-5-14)11-2-3-12(17-8-11)10-6-18-13(16)19-7-10/h2-3,6-8H,1,4-5H2,(H2,16,18,19). The summed E-state index contributed by atoms with van der Waals surface area (Å²) in [4.78, 5) is 12.3. The first kappa shape index (κ1) is 11.6. The van der Waals surface area contributed by atoms with E-state index in [4.69, 9.17) is 5.73 Å². The molecule has 0 aromatic carbocycles. The van der Waals surface area contributed by atoms with Crippen LogP contribution in [-0.2, 0) is 5.41 Å². The van der Waals surface area contributed by atoms with E-state index >= 15 is 0 Å². The maximum atomic E-state index is 9.30. The summed E-state index contributed by atoms with van der Waals surface area (Å²) >= 11 is 0. The van der Waals surface area contributed by atoms with Gasteiger partial charge in [-0.3, -0.25) is 4.98 Å². The van der Waals surface area contributed by atoms with Gasteiger partial charge in [0, 0.05) is 24.2 Å². The molecule has 2 aromatic rings. The fourth-order valence-corrected chi connectivity index (χ4v) is 2.31. The molecule has 94 valence electrons.